The number of carboxylic acids is 1. The topological polar surface area (TPSA) is 59.4 Å². The van der Waals surface area contributed by atoms with E-state index in [1.54, 1.807) is 17.5 Å². The van der Waals surface area contributed by atoms with E-state index in [-0.39, 0.29) is 5.41 Å². The quantitative estimate of drug-likeness (QED) is 0.386. The van der Waals surface area contributed by atoms with Crippen LogP contribution in [0.5, 0.6) is 0 Å². The monoisotopic (exact) mass is 425 g/mol. The minimum absolute atomic E-state index is 0.144. The van der Waals surface area contributed by atoms with Crippen molar-refractivity contribution in [3.63, 3.8) is 0 Å². The zero-order valence-electron chi connectivity index (χ0n) is 16.4. The number of aromatic nitrogens is 1. The third kappa shape index (κ3) is 3.97. The molecule has 0 bridgehead atoms. The summed E-state index contributed by atoms with van der Waals surface area (Å²) in [5.41, 5.74) is 5.41. The summed E-state index contributed by atoms with van der Waals surface area (Å²) in [5, 5.41) is 9.95. The first-order chi connectivity index (χ1) is 13.9. The maximum Gasteiger partial charge on any atom is 0.337 e. The third-order valence-electron chi connectivity index (χ3n) is 5.54. The molecule has 6 heteroatoms. The van der Waals surface area contributed by atoms with Gasteiger partial charge in [0.25, 0.3) is 0 Å². The Morgan fingerprint density at radius 2 is 1.97 bits per heavy atom. The summed E-state index contributed by atoms with van der Waals surface area (Å²) in [6, 6.07) is 11.9. The molecule has 0 unspecified atom stereocenters. The maximum absolute atomic E-state index is 12.1. The Labute approximate surface area is 180 Å². The number of hydrogen-bond acceptors (Lipinski definition) is 5. The zero-order valence-corrected chi connectivity index (χ0v) is 18.1. The van der Waals surface area contributed by atoms with Gasteiger partial charge in [-0.2, -0.15) is 0 Å². The van der Waals surface area contributed by atoms with Gasteiger partial charge in [0.15, 0.2) is 0 Å². The minimum atomic E-state index is -0.834. The lowest BCUT2D eigenvalue weighted by Gasteiger charge is -2.29. The van der Waals surface area contributed by atoms with E-state index in [1.807, 2.05) is 36.4 Å². The lowest BCUT2D eigenvalue weighted by Crippen LogP contribution is -2.22. The molecule has 0 atom stereocenters. The first kappa shape index (κ1) is 20.1. The van der Waals surface area contributed by atoms with Crippen molar-refractivity contribution in [1.29, 1.82) is 0 Å². The number of hydrogen-bond donors (Lipinski definition) is 2. The lowest BCUT2D eigenvalue weighted by atomic mass is 9.76. The Bertz CT molecular complexity index is 1050. The number of carboxylic acid groups (broad SMARTS) is 1. The van der Waals surface area contributed by atoms with Gasteiger partial charge in [0, 0.05) is 21.5 Å². The van der Waals surface area contributed by atoms with Crippen LogP contribution in [0.15, 0.2) is 42.6 Å². The Kier molecular flexibility index (Phi) is 5.51. The molecule has 1 aliphatic rings. The second-order valence-electron chi connectivity index (χ2n) is 8.20. The van der Waals surface area contributed by atoms with Gasteiger partial charge < -0.3 is 9.29 Å². The first-order valence-electron chi connectivity index (χ1n) is 9.58. The number of pyridine rings is 1. The van der Waals surface area contributed by atoms with Crippen molar-refractivity contribution < 1.29 is 14.1 Å². The number of fused-ring (bicyclic) bond motifs is 1. The third-order valence-corrected chi connectivity index (χ3v) is 7.01. The minimum Gasteiger partial charge on any atom is -0.478 e. The smallest absolute Gasteiger partial charge is 0.337 e. The predicted octanol–water partition coefficient (Wildman–Crippen LogP) is 6.05. The molecule has 0 saturated carbocycles. The molecule has 3 aromatic rings. The number of nitrogens with zero attached hydrogens (tertiary/aromatic N) is 1. The normalized spacial score (nSPS) is 15.1. The van der Waals surface area contributed by atoms with Crippen molar-refractivity contribution in [2.24, 2.45) is 5.41 Å². The molecule has 0 amide bonds. The van der Waals surface area contributed by atoms with Crippen molar-refractivity contribution in [2.45, 2.75) is 39.7 Å². The summed E-state index contributed by atoms with van der Waals surface area (Å²) < 4.78 is 4.96. The average Bonchev–Trinajstić information content (AvgIpc) is 3.06. The van der Waals surface area contributed by atoms with Crippen LogP contribution in [-0.2, 0) is 23.6 Å². The van der Waals surface area contributed by atoms with Crippen LogP contribution < -0.4 is 0 Å². The van der Waals surface area contributed by atoms with Crippen LogP contribution >= 0.6 is 24.2 Å². The molecule has 29 heavy (non-hydrogen) atoms. The lowest BCUT2D eigenvalue weighted by molar-refractivity contribution is 0.0696. The number of carbonyl (C=O) groups is 1. The summed E-state index contributed by atoms with van der Waals surface area (Å²) in [7, 11) is 0. The number of rotatable bonds is 5. The Morgan fingerprint density at radius 3 is 2.66 bits per heavy atom. The Balaban J connectivity index is 1.74. The molecule has 0 saturated heterocycles. The van der Waals surface area contributed by atoms with Gasteiger partial charge >= 0.3 is 5.97 Å². The number of benzene rings is 1. The van der Waals surface area contributed by atoms with E-state index in [0.29, 0.717) is 12.2 Å². The molecule has 1 aromatic carbocycles. The molecule has 0 aliphatic heterocycles. The molecule has 4 rings (SSSR count). The van der Waals surface area contributed by atoms with E-state index in [1.165, 1.54) is 4.88 Å². The fourth-order valence-corrected chi connectivity index (χ4v) is 5.46. The number of aryl methyl sites for hydroxylation is 1. The summed E-state index contributed by atoms with van der Waals surface area (Å²) >= 11 is 5.47. The van der Waals surface area contributed by atoms with Gasteiger partial charge in [-0.25, -0.2) is 4.79 Å². The van der Waals surface area contributed by atoms with Crippen molar-refractivity contribution >= 4 is 30.2 Å². The van der Waals surface area contributed by atoms with Gasteiger partial charge in [0.2, 0.25) is 0 Å². The highest BCUT2D eigenvalue weighted by Gasteiger charge is 2.32. The van der Waals surface area contributed by atoms with Crippen LogP contribution in [0.1, 0.15) is 46.8 Å². The van der Waals surface area contributed by atoms with E-state index >= 15 is 0 Å². The summed E-state index contributed by atoms with van der Waals surface area (Å²) in [6.45, 7) is 4.75. The van der Waals surface area contributed by atoms with Crippen LogP contribution in [0, 0.1) is 5.41 Å². The van der Waals surface area contributed by atoms with E-state index in [2.05, 4.69) is 31.7 Å². The molecule has 0 spiro atoms. The van der Waals surface area contributed by atoms with Crippen molar-refractivity contribution in [3.8, 4) is 21.6 Å². The van der Waals surface area contributed by atoms with E-state index in [4.69, 9.17) is 4.18 Å². The standard InChI is InChI=1S/C23H23NO3S2/c1-23(2)10-9-19-17(12-23)20(22(25)26)21(29-19)15-7-5-14(6-8-15)16-4-3-11-24-18(16)13-27-28/h3-8,11,28H,9-10,12-13H2,1-2H3,(H,25,26). The molecule has 1 N–H and O–H groups in total. The molecule has 0 radical (unpaired) electrons. The highest BCUT2D eigenvalue weighted by Crippen LogP contribution is 2.45. The van der Waals surface area contributed by atoms with Crippen molar-refractivity contribution in [3.05, 3.63) is 64.3 Å². The fourth-order valence-electron chi connectivity index (χ4n) is 4.03. The van der Waals surface area contributed by atoms with Crippen molar-refractivity contribution in [1.82, 2.24) is 4.98 Å². The van der Waals surface area contributed by atoms with Crippen LogP contribution in [-0.4, -0.2) is 16.1 Å². The Hall–Kier alpha value is -2.15. The van der Waals surface area contributed by atoms with Gasteiger partial charge in [-0.3, -0.25) is 4.98 Å². The number of aromatic carboxylic acids is 1. The van der Waals surface area contributed by atoms with Gasteiger partial charge in [0.05, 0.1) is 11.3 Å². The summed E-state index contributed by atoms with van der Waals surface area (Å²) in [4.78, 5) is 18.6. The summed E-state index contributed by atoms with van der Waals surface area (Å²) in [6.07, 6.45) is 4.60. The van der Waals surface area contributed by atoms with E-state index < -0.39 is 5.97 Å². The molecule has 4 nitrogen and oxygen atoms in total. The molecule has 150 valence electrons. The van der Waals surface area contributed by atoms with Crippen LogP contribution in [0.3, 0.4) is 0 Å². The van der Waals surface area contributed by atoms with Crippen LogP contribution in [0.4, 0.5) is 0 Å². The molecular weight excluding hydrogens is 402 g/mol. The predicted molar refractivity (Wildman–Crippen MR) is 120 cm³/mol. The molecular formula is C23H23NO3S2. The molecule has 1 aliphatic carbocycles. The second-order valence-corrected chi connectivity index (χ2v) is 9.57. The second kappa shape index (κ2) is 7.94. The number of thiophene rings is 1. The van der Waals surface area contributed by atoms with Gasteiger partial charge in [-0.05, 0) is 60.3 Å². The fraction of sp³-hybridized carbons (Fsp3) is 0.304. The number of thiol groups is 1. The van der Waals surface area contributed by atoms with Crippen LogP contribution in [0.2, 0.25) is 0 Å². The maximum atomic E-state index is 12.1. The Morgan fingerprint density at radius 1 is 1.24 bits per heavy atom. The SMILES string of the molecule is CC1(C)CCc2sc(-c3ccc(-c4cccnc4COS)cc3)c(C(=O)O)c2C1. The van der Waals surface area contributed by atoms with Gasteiger partial charge in [0.1, 0.15) is 6.61 Å². The van der Waals surface area contributed by atoms with Crippen molar-refractivity contribution in [2.75, 3.05) is 0 Å². The van der Waals surface area contributed by atoms with Gasteiger partial charge in [-0.1, -0.05) is 44.2 Å². The van der Waals surface area contributed by atoms with Gasteiger partial charge in [-0.15, -0.1) is 11.3 Å². The molecule has 0 fully saturated rings. The average molecular weight is 426 g/mol. The molecule has 2 aromatic heterocycles. The first-order valence-corrected chi connectivity index (χ1v) is 10.8. The van der Waals surface area contributed by atoms with E-state index in [0.717, 1.165) is 52.1 Å². The molecule has 2 heterocycles. The highest BCUT2D eigenvalue weighted by molar-refractivity contribution is 7.75. The highest BCUT2D eigenvalue weighted by atomic mass is 32.1. The van der Waals surface area contributed by atoms with E-state index in [9.17, 15) is 9.90 Å². The zero-order chi connectivity index (χ0) is 20.6. The van der Waals surface area contributed by atoms with Crippen LogP contribution in [0.25, 0.3) is 21.6 Å². The summed E-state index contributed by atoms with van der Waals surface area (Å²) in [5.74, 6) is -0.834. The largest absolute Gasteiger partial charge is 0.478 e.